The number of hydrogen-bond acceptors (Lipinski definition) is 5. The Hall–Kier alpha value is -1.67. The number of hydrogen-bond donors (Lipinski definition) is 2. The number of rotatable bonds is 15. The van der Waals surface area contributed by atoms with Crippen molar-refractivity contribution in [3.8, 4) is 0 Å². The Morgan fingerprint density at radius 2 is 1.50 bits per heavy atom. The molecule has 0 aliphatic carbocycles. The standard InChI is InChI=1S/C25H45N5O2/c1-4-7-17-31-19-20-32-18-12-27-25(26-5-2)28-21-23-8-10-24(11-9-23)22-30-15-13-29(6-3)14-16-30/h8-11H,4-7,12-22H2,1-3H3,(H2,26,27,28). The molecule has 0 bridgehead atoms. The van der Waals surface area contributed by atoms with Crippen molar-refractivity contribution in [1.29, 1.82) is 0 Å². The first-order valence-electron chi connectivity index (χ1n) is 12.4. The average Bonchev–Trinajstić information content (AvgIpc) is 2.83. The van der Waals surface area contributed by atoms with Crippen LogP contribution in [0.4, 0.5) is 0 Å². The molecule has 7 nitrogen and oxygen atoms in total. The van der Waals surface area contributed by atoms with E-state index in [1.54, 1.807) is 0 Å². The lowest BCUT2D eigenvalue weighted by atomic mass is 10.1. The predicted octanol–water partition coefficient (Wildman–Crippen LogP) is 2.71. The number of aliphatic imine (C=N–C) groups is 1. The predicted molar refractivity (Wildman–Crippen MR) is 133 cm³/mol. The van der Waals surface area contributed by atoms with Crippen molar-refractivity contribution in [3.05, 3.63) is 35.4 Å². The molecule has 1 heterocycles. The topological polar surface area (TPSA) is 61.4 Å². The van der Waals surface area contributed by atoms with E-state index >= 15 is 0 Å². The molecule has 1 aliphatic heterocycles. The summed E-state index contributed by atoms with van der Waals surface area (Å²) >= 11 is 0. The van der Waals surface area contributed by atoms with E-state index in [4.69, 9.17) is 14.5 Å². The molecule has 182 valence electrons. The van der Waals surface area contributed by atoms with Gasteiger partial charge in [0.05, 0.1) is 26.4 Å². The van der Waals surface area contributed by atoms with Gasteiger partial charge in [0.15, 0.2) is 5.96 Å². The SMILES string of the molecule is CCCCOCCOCCNC(=NCc1ccc(CN2CCN(CC)CC2)cc1)NCC. The fourth-order valence-electron chi connectivity index (χ4n) is 3.59. The van der Waals surface area contributed by atoms with Crippen LogP contribution in [0.1, 0.15) is 44.7 Å². The molecule has 0 unspecified atom stereocenters. The number of piperazine rings is 1. The van der Waals surface area contributed by atoms with Crippen LogP contribution in [-0.4, -0.2) is 88.0 Å². The highest BCUT2D eigenvalue weighted by molar-refractivity contribution is 5.79. The summed E-state index contributed by atoms with van der Waals surface area (Å²) in [6, 6.07) is 8.89. The Labute approximate surface area is 195 Å². The molecule has 1 saturated heterocycles. The number of ether oxygens (including phenoxy) is 2. The Kier molecular flexibility index (Phi) is 14.0. The van der Waals surface area contributed by atoms with E-state index in [2.05, 4.69) is 65.5 Å². The minimum atomic E-state index is 0.639. The molecule has 1 aliphatic rings. The molecule has 1 aromatic carbocycles. The van der Waals surface area contributed by atoms with Crippen LogP contribution in [0.15, 0.2) is 29.3 Å². The van der Waals surface area contributed by atoms with Gasteiger partial charge in [-0.05, 0) is 31.0 Å². The van der Waals surface area contributed by atoms with Gasteiger partial charge in [0.1, 0.15) is 0 Å². The van der Waals surface area contributed by atoms with E-state index in [-0.39, 0.29) is 0 Å². The highest BCUT2D eigenvalue weighted by atomic mass is 16.5. The van der Waals surface area contributed by atoms with Gasteiger partial charge in [0.25, 0.3) is 0 Å². The number of benzene rings is 1. The first-order valence-corrected chi connectivity index (χ1v) is 12.4. The first-order chi connectivity index (χ1) is 15.7. The van der Waals surface area contributed by atoms with Gasteiger partial charge in [-0.3, -0.25) is 4.90 Å². The zero-order chi connectivity index (χ0) is 22.9. The van der Waals surface area contributed by atoms with E-state index in [0.29, 0.717) is 26.4 Å². The highest BCUT2D eigenvalue weighted by Crippen LogP contribution is 2.11. The molecule has 2 N–H and O–H groups in total. The van der Waals surface area contributed by atoms with Crippen molar-refractivity contribution in [3.63, 3.8) is 0 Å². The van der Waals surface area contributed by atoms with Crippen LogP contribution in [-0.2, 0) is 22.6 Å². The molecule has 0 amide bonds. The quantitative estimate of drug-likeness (QED) is 0.245. The maximum Gasteiger partial charge on any atom is 0.191 e. The Morgan fingerprint density at radius 3 is 2.16 bits per heavy atom. The molecular formula is C25H45N5O2. The molecule has 0 aromatic heterocycles. The smallest absolute Gasteiger partial charge is 0.191 e. The van der Waals surface area contributed by atoms with Crippen LogP contribution >= 0.6 is 0 Å². The van der Waals surface area contributed by atoms with E-state index in [9.17, 15) is 0 Å². The van der Waals surface area contributed by atoms with Gasteiger partial charge in [-0.2, -0.15) is 0 Å². The fraction of sp³-hybridized carbons (Fsp3) is 0.720. The maximum absolute atomic E-state index is 5.62. The van der Waals surface area contributed by atoms with Gasteiger partial charge >= 0.3 is 0 Å². The van der Waals surface area contributed by atoms with Crippen molar-refractivity contribution in [2.45, 2.75) is 46.7 Å². The van der Waals surface area contributed by atoms with Crippen LogP contribution in [0.25, 0.3) is 0 Å². The lowest BCUT2D eigenvalue weighted by Crippen LogP contribution is -2.45. The zero-order valence-electron chi connectivity index (χ0n) is 20.6. The summed E-state index contributed by atoms with van der Waals surface area (Å²) in [5.74, 6) is 0.827. The molecule has 7 heteroatoms. The van der Waals surface area contributed by atoms with Gasteiger partial charge in [-0.15, -0.1) is 0 Å². The minimum absolute atomic E-state index is 0.639. The first kappa shape index (κ1) is 26.6. The number of nitrogens with zero attached hydrogens (tertiary/aromatic N) is 3. The third-order valence-corrected chi connectivity index (χ3v) is 5.66. The van der Waals surface area contributed by atoms with Crippen LogP contribution in [0.5, 0.6) is 0 Å². The van der Waals surface area contributed by atoms with Gasteiger partial charge in [-0.25, -0.2) is 4.99 Å². The average molecular weight is 448 g/mol. The molecule has 0 spiro atoms. The fourth-order valence-corrected chi connectivity index (χ4v) is 3.59. The van der Waals surface area contributed by atoms with E-state index in [1.807, 2.05) is 0 Å². The maximum atomic E-state index is 5.62. The summed E-state index contributed by atoms with van der Waals surface area (Å²) in [6.07, 6.45) is 2.28. The van der Waals surface area contributed by atoms with E-state index in [1.165, 1.54) is 24.2 Å². The monoisotopic (exact) mass is 447 g/mol. The highest BCUT2D eigenvalue weighted by Gasteiger charge is 2.15. The van der Waals surface area contributed by atoms with Crippen molar-refractivity contribution in [1.82, 2.24) is 20.4 Å². The summed E-state index contributed by atoms with van der Waals surface area (Å²) in [5.41, 5.74) is 2.60. The van der Waals surface area contributed by atoms with Gasteiger partial charge in [-0.1, -0.05) is 44.5 Å². The largest absolute Gasteiger partial charge is 0.379 e. The Morgan fingerprint density at radius 1 is 0.844 bits per heavy atom. The number of guanidine groups is 1. The molecule has 1 fully saturated rings. The normalized spacial score (nSPS) is 15.8. The summed E-state index contributed by atoms with van der Waals surface area (Å²) < 4.78 is 11.1. The van der Waals surface area contributed by atoms with Crippen LogP contribution in [0, 0.1) is 0 Å². The summed E-state index contributed by atoms with van der Waals surface area (Å²) in [5, 5.41) is 6.64. The second-order valence-electron chi connectivity index (χ2n) is 8.23. The molecule has 0 radical (unpaired) electrons. The molecular weight excluding hydrogens is 402 g/mol. The second-order valence-corrected chi connectivity index (χ2v) is 8.23. The van der Waals surface area contributed by atoms with Crippen LogP contribution in [0.3, 0.4) is 0 Å². The van der Waals surface area contributed by atoms with Crippen LogP contribution < -0.4 is 10.6 Å². The van der Waals surface area contributed by atoms with Crippen molar-refractivity contribution < 1.29 is 9.47 Å². The van der Waals surface area contributed by atoms with E-state index in [0.717, 1.165) is 64.7 Å². The van der Waals surface area contributed by atoms with Gasteiger partial charge in [0, 0.05) is 52.4 Å². The molecule has 1 aromatic rings. The lowest BCUT2D eigenvalue weighted by Gasteiger charge is -2.34. The van der Waals surface area contributed by atoms with Crippen molar-refractivity contribution >= 4 is 5.96 Å². The third kappa shape index (κ3) is 11.3. The number of likely N-dealkylation sites (N-methyl/N-ethyl adjacent to an activating group) is 1. The minimum Gasteiger partial charge on any atom is -0.379 e. The third-order valence-electron chi connectivity index (χ3n) is 5.66. The van der Waals surface area contributed by atoms with Gasteiger partial charge in [0.2, 0.25) is 0 Å². The molecule has 0 atom stereocenters. The zero-order valence-corrected chi connectivity index (χ0v) is 20.6. The number of unbranched alkanes of at least 4 members (excludes halogenated alkanes) is 1. The summed E-state index contributed by atoms with van der Waals surface area (Å²) in [7, 11) is 0. The second kappa shape index (κ2) is 16.9. The molecule has 2 rings (SSSR count). The Bertz CT molecular complexity index is 615. The van der Waals surface area contributed by atoms with Crippen LogP contribution in [0.2, 0.25) is 0 Å². The van der Waals surface area contributed by atoms with Gasteiger partial charge < -0.3 is 25.0 Å². The molecule has 0 saturated carbocycles. The summed E-state index contributed by atoms with van der Waals surface area (Å²) in [4.78, 5) is 9.78. The number of nitrogens with one attached hydrogen (secondary N) is 2. The molecule has 32 heavy (non-hydrogen) atoms. The van der Waals surface area contributed by atoms with Crippen molar-refractivity contribution in [2.75, 3.05) is 72.2 Å². The van der Waals surface area contributed by atoms with E-state index < -0.39 is 0 Å². The Balaban J connectivity index is 1.66. The van der Waals surface area contributed by atoms with Crippen molar-refractivity contribution in [2.24, 2.45) is 4.99 Å². The summed E-state index contributed by atoms with van der Waals surface area (Å²) in [6.45, 7) is 18.4. The lowest BCUT2D eigenvalue weighted by molar-refractivity contribution is 0.0487.